The molecule has 6 heteroatoms. The molecule has 0 saturated heterocycles. The zero-order chi connectivity index (χ0) is 37.5. The summed E-state index contributed by atoms with van der Waals surface area (Å²) in [6, 6.07) is 65.4. The van der Waals surface area contributed by atoms with Crippen molar-refractivity contribution in [3.8, 4) is 45.5 Å². The van der Waals surface area contributed by atoms with Gasteiger partial charge in [-0.2, -0.15) is 9.97 Å². The number of hydrogen-bond acceptors (Lipinski definition) is 4. The second kappa shape index (κ2) is 12.3. The molecule has 57 heavy (non-hydrogen) atoms. The monoisotopic (exact) mass is 729 g/mol. The van der Waals surface area contributed by atoms with E-state index in [0.717, 1.165) is 88.1 Å². The van der Waals surface area contributed by atoms with Crippen molar-refractivity contribution in [1.29, 1.82) is 0 Å². The van der Waals surface area contributed by atoms with Gasteiger partial charge < -0.3 is 8.98 Å². The number of fused-ring (bicyclic) bond motifs is 10. The maximum absolute atomic E-state index is 6.67. The maximum atomic E-state index is 6.67. The number of aromatic nitrogens is 5. The van der Waals surface area contributed by atoms with Gasteiger partial charge in [0.1, 0.15) is 5.58 Å². The van der Waals surface area contributed by atoms with Crippen LogP contribution in [0.3, 0.4) is 0 Å². The molecule has 0 N–H and O–H groups in total. The van der Waals surface area contributed by atoms with E-state index in [4.69, 9.17) is 19.4 Å². The molecule has 266 valence electrons. The van der Waals surface area contributed by atoms with E-state index in [2.05, 4.69) is 161 Å². The molecule has 0 unspecified atom stereocenters. The molecule has 8 aromatic carbocycles. The van der Waals surface area contributed by atoms with Crippen LogP contribution in [-0.4, -0.2) is 24.1 Å². The first kappa shape index (κ1) is 31.5. The number of rotatable bonds is 5. The van der Waals surface area contributed by atoms with E-state index in [1.54, 1.807) is 0 Å². The van der Waals surface area contributed by atoms with Gasteiger partial charge in [0.15, 0.2) is 17.2 Å². The summed E-state index contributed by atoms with van der Waals surface area (Å²) in [4.78, 5) is 15.6. The predicted octanol–water partition coefficient (Wildman–Crippen LogP) is 13.0. The predicted molar refractivity (Wildman–Crippen MR) is 232 cm³/mol. The van der Waals surface area contributed by atoms with Crippen molar-refractivity contribution in [2.75, 3.05) is 0 Å². The zero-order valence-electron chi connectivity index (χ0n) is 30.5. The molecular formula is C51H31N5O. The Kier molecular flexibility index (Phi) is 6.83. The second-order valence-electron chi connectivity index (χ2n) is 14.4. The maximum Gasteiger partial charge on any atom is 0.238 e. The largest absolute Gasteiger partial charge is 0.454 e. The van der Waals surface area contributed by atoms with Crippen LogP contribution in [0.15, 0.2) is 192 Å². The van der Waals surface area contributed by atoms with Crippen LogP contribution in [-0.2, 0) is 0 Å². The standard InChI is InChI=1S/C51H31N5O/c1-3-15-32(16-4-1)34-19-13-20-35(31-34)50-52-49(33-17-5-2-6-18-33)53-51(54-50)56-42-26-11-8-23-40(42)46-43(56)30-29-38-36-21-7-10-25-41(36)55(47(38)46)44-27-14-24-39-37-22-9-12-28-45(37)57-48(39)44/h1-31H. The summed E-state index contributed by atoms with van der Waals surface area (Å²) in [6.45, 7) is 0. The fourth-order valence-electron chi connectivity index (χ4n) is 8.66. The Morgan fingerprint density at radius 1 is 0.368 bits per heavy atom. The van der Waals surface area contributed by atoms with Gasteiger partial charge in [0.05, 0.1) is 27.8 Å². The Hall–Kier alpha value is -7.83. The SMILES string of the molecule is c1ccc(-c2cccc(-c3nc(-c4ccccc4)nc(-n4c5ccccc5c5c4ccc4c6ccccc6n(-c6cccc7c6oc6ccccc67)c45)n3)c2)cc1. The summed E-state index contributed by atoms with van der Waals surface area (Å²) >= 11 is 0. The van der Waals surface area contributed by atoms with Crippen molar-refractivity contribution in [2.24, 2.45) is 0 Å². The fraction of sp³-hybridized carbons (Fsp3) is 0. The van der Waals surface area contributed by atoms with Crippen LogP contribution < -0.4 is 0 Å². The summed E-state index contributed by atoms with van der Waals surface area (Å²) in [5.41, 5.74) is 11.0. The first-order chi connectivity index (χ1) is 28.3. The summed E-state index contributed by atoms with van der Waals surface area (Å²) < 4.78 is 11.3. The van der Waals surface area contributed by atoms with E-state index < -0.39 is 0 Å². The van der Waals surface area contributed by atoms with E-state index in [-0.39, 0.29) is 0 Å². The van der Waals surface area contributed by atoms with Gasteiger partial charge in [0, 0.05) is 43.4 Å². The smallest absolute Gasteiger partial charge is 0.238 e. The molecular weight excluding hydrogens is 699 g/mol. The minimum atomic E-state index is 0.552. The molecule has 0 aliphatic heterocycles. The Bertz CT molecular complexity index is 3520. The molecule has 0 aliphatic rings. The Morgan fingerprint density at radius 3 is 1.77 bits per heavy atom. The lowest BCUT2D eigenvalue weighted by Crippen LogP contribution is -2.06. The highest BCUT2D eigenvalue weighted by Crippen LogP contribution is 2.44. The van der Waals surface area contributed by atoms with Crippen LogP contribution in [0.2, 0.25) is 0 Å². The molecule has 0 saturated carbocycles. The first-order valence-electron chi connectivity index (χ1n) is 19.1. The van der Waals surface area contributed by atoms with Crippen LogP contribution >= 0.6 is 0 Å². The van der Waals surface area contributed by atoms with Gasteiger partial charge in [-0.3, -0.25) is 4.57 Å². The van der Waals surface area contributed by atoms with Gasteiger partial charge in [-0.25, -0.2) is 4.98 Å². The van der Waals surface area contributed by atoms with Crippen LogP contribution in [0.25, 0.3) is 111 Å². The number of hydrogen-bond donors (Lipinski definition) is 0. The van der Waals surface area contributed by atoms with Gasteiger partial charge in [-0.15, -0.1) is 0 Å². The fourth-order valence-corrected chi connectivity index (χ4v) is 8.66. The molecule has 4 aromatic heterocycles. The minimum absolute atomic E-state index is 0.552. The molecule has 4 heterocycles. The Morgan fingerprint density at radius 2 is 0.965 bits per heavy atom. The third kappa shape index (κ3) is 4.81. The van der Waals surface area contributed by atoms with Gasteiger partial charge in [0.25, 0.3) is 0 Å². The topological polar surface area (TPSA) is 61.7 Å². The third-order valence-corrected chi connectivity index (χ3v) is 11.2. The normalized spacial score (nSPS) is 11.9. The Balaban J connectivity index is 1.18. The van der Waals surface area contributed by atoms with Crippen molar-refractivity contribution in [2.45, 2.75) is 0 Å². The van der Waals surface area contributed by atoms with Gasteiger partial charge >= 0.3 is 0 Å². The van der Waals surface area contributed by atoms with Gasteiger partial charge in [0.2, 0.25) is 5.95 Å². The van der Waals surface area contributed by atoms with Crippen molar-refractivity contribution in [1.82, 2.24) is 24.1 Å². The van der Waals surface area contributed by atoms with Gasteiger partial charge in [-0.05, 0) is 47.5 Å². The molecule has 0 spiro atoms. The van der Waals surface area contributed by atoms with E-state index >= 15 is 0 Å². The molecule has 0 fully saturated rings. The molecule has 0 aliphatic carbocycles. The molecule has 12 rings (SSSR count). The average Bonchev–Trinajstić information content (AvgIpc) is 3.95. The summed E-state index contributed by atoms with van der Waals surface area (Å²) in [5.74, 6) is 1.77. The van der Waals surface area contributed by atoms with Crippen molar-refractivity contribution >= 4 is 65.6 Å². The highest BCUT2D eigenvalue weighted by Gasteiger charge is 2.24. The Labute approximate surface area is 326 Å². The second-order valence-corrected chi connectivity index (χ2v) is 14.4. The zero-order valence-corrected chi connectivity index (χ0v) is 30.5. The number of furan rings is 1. The average molecular weight is 730 g/mol. The van der Waals surface area contributed by atoms with Crippen LogP contribution in [0.4, 0.5) is 0 Å². The van der Waals surface area contributed by atoms with E-state index in [0.29, 0.717) is 17.6 Å². The number of benzene rings is 8. The van der Waals surface area contributed by atoms with E-state index in [1.165, 1.54) is 5.39 Å². The minimum Gasteiger partial charge on any atom is -0.454 e. The van der Waals surface area contributed by atoms with Gasteiger partial charge in [-0.1, -0.05) is 152 Å². The summed E-state index contributed by atoms with van der Waals surface area (Å²) in [6.07, 6.45) is 0. The molecule has 0 radical (unpaired) electrons. The molecule has 0 amide bonds. The van der Waals surface area contributed by atoms with E-state index in [9.17, 15) is 0 Å². The molecule has 0 bridgehead atoms. The van der Waals surface area contributed by atoms with E-state index in [1.807, 2.05) is 36.4 Å². The molecule has 12 aromatic rings. The lowest BCUT2D eigenvalue weighted by Gasteiger charge is -2.12. The third-order valence-electron chi connectivity index (χ3n) is 11.2. The molecule has 0 atom stereocenters. The lowest BCUT2D eigenvalue weighted by molar-refractivity contribution is 0.666. The van der Waals surface area contributed by atoms with Crippen LogP contribution in [0, 0.1) is 0 Å². The highest BCUT2D eigenvalue weighted by atomic mass is 16.3. The number of nitrogens with zero attached hydrogens (tertiary/aromatic N) is 5. The molecule has 6 nitrogen and oxygen atoms in total. The first-order valence-corrected chi connectivity index (χ1v) is 19.1. The van der Waals surface area contributed by atoms with Crippen molar-refractivity contribution in [3.05, 3.63) is 188 Å². The number of para-hydroxylation sites is 4. The lowest BCUT2D eigenvalue weighted by atomic mass is 10.0. The van der Waals surface area contributed by atoms with Crippen molar-refractivity contribution in [3.63, 3.8) is 0 Å². The highest BCUT2D eigenvalue weighted by molar-refractivity contribution is 6.26. The summed E-state index contributed by atoms with van der Waals surface area (Å²) in [7, 11) is 0. The van der Waals surface area contributed by atoms with Crippen LogP contribution in [0.5, 0.6) is 0 Å². The van der Waals surface area contributed by atoms with Crippen LogP contribution in [0.1, 0.15) is 0 Å². The van der Waals surface area contributed by atoms with Crippen molar-refractivity contribution < 1.29 is 4.42 Å². The quantitative estimate of drug-likeness (QED) is 0.177. The summed E-state index contributed by atoms with van der Waals surface area (Å²) in [5, 5.41) is 6.74.